The van der Waals surface area contributed by atoms with E-state index in [-0.39, 0.29) is 5.56 Å². The van der Waals surface area contributed by atoms with Crippen molar-refractivity contribution in [3.8, 4) is 12.3 Å². The molecule has 1 aromatic rings. The van der Waals surface area contributed by atoms with Gasteiger partial charge in [-0.05, 0) is 18.4 Å². The van der Waals surface area contributed by atoms with Gasteiger partial charge in [0.15, 0.2) is 5.82 Å². The van der Waals surface area contributed by atoms with Crippen LogP contribution in [-0.2, 0) is 12.8 Å². The summed E-state index contributed by atoms with van der Waals surface area (Å²) in [4.78, 5) is 13.1. The summed E-state index contributed by atoms with van der Waals surface area (Å²) >= 11 is 0. The Bertz CT molecular complexity index is 492. The number of aromatic carboxylic acids is 1. The maximum absolute atomic E-state index is 11.4. The highest BCUT2D eigenvalue weighted by molar-refractivity contribution is 5.95. The molecular formula is C13H17N3O2. The van der Waals surface area contributed by atoms with E-state index < -0.39 is 5.97 Å². The van der Waals surface area contributed by atoms with Crippen LogP contribution in [0.5, 0.6) is 0 Å². The number of carboxylic acid groups (broad SMARTS) is 1. The summed E-state index contributed by atoms with van der Waals surface area (Å²) in [5.41, 5.74) is 1.67. The molecule has 96 valence electrons. The first-order valence-electron chi connectivity index (χ1n) is 5.83. The molecule has 0 radical (unpaired) electrons. The van der Waals surface area contributed by atoms with E-state index in [0.717, 1.165) is 11.3 Å². The van der Waals surface area contributed by atoms with Crippen molar-refractivity contribution in [3.63, 3.8) is 0 Å². The number of hydrogen-bond donors (Lipinski definition) is 1. The molecule has 0 saturated heterocycles. The Morgan fingerprint density at radius 3 is 2.50 bits per heavy atom. The van der Waals surface area contributed by atoms with Crippen LogP contribution < -0.4 is 4.90 Å². The smallest absolute Gasteiger partial charge is 0.339 e. The highest BCUT2D eigenvalue weighted by Gasteiger charge is 2.22. The number of rotatable bonds is 5. The molecule has 1 rings (SSSR count). The number of hydrogen-bond acceptors (Lipinski definition) is 4. The lowest BCUT2D eigenvalue weighted by Gasteiger charge is -2.19. The van der Waals surface area contributed by atoms with Gasteiger partial charge in [-0.3, -0.25) is 0 Å². The molecule has 5 heteroatoms. The molecule has 0 unspecified atom stereocenters. The summed E-state index contributed by atoms with van der Waals surface area (Å²) in [6.45, 7) is 4.14. The summed E-state index contributed by atoms with van der Waals surface area (Å²) in [5, 5.41) is 17.5. The molecule has 0 fully saturated rings. The molecule has 0 aliphatic heterocycles. The minimum absolute atomic E-state index is 0.210. The molecule has 0 aromatic carbocycles. The maximum atomic E-state index is 11.4. The van der Waals surface area contributed by atoms with Crippen molar-refractivity contribution < 1.29 is 9.90 Å². The van der Waals surface area contributed by atoms with Gasteiger partial charge in [-0.2, -0.15) is 5.10 Å². The molecule has 0 atom stereocenters. The fraction of sp³-hybridized carbons (Fsp3) is 0.462. The van der Waals surface area contributed by atoms with E-state index in [0.29, 0.717) is 25.2 Å². The molecule has 0 amide bonds. The van der Waals surface area contributed by atoms with E-state index in [1.165, 1.54) is 0 Å². The van der Waals surface area contributed by atoms with Crippen LogP contribution in [0.2, 0.25) is 0 Å². The monoisotopic (exact) mass is 247 g/mol. The van der Waals surface area contributed by atoms with Gasteiger partial charge in [-0.15, -0.1) is 11.5 Å². The second-order valence-electron chi connectivity index (χ2n) is 3.90. The van der Waals surface area contributed by atoms with Crippen LogP contribution >= 0.6 is 0 Å². The van der Waals surface area contributed by atoms with Crippen molar-refractivity contribution >= 4 is 11.8 Å². The Labute approximate surface area is 107 Å². The largest absolute Gasteiger partial charge is 0.478 e. The van der Waals surface area contributed by atoms with Gasteiger partial charge in [-0.25, -0.2) is 4.79 Å². The molecule has 0 saturated carbocycles. The van der Waals surface area contributed by atoms with Crippen LogP contribution in [0.4, 0.5) is 5.82 Å². The average molecular weight is 247 g/mol. The summed E-state index contributed by atoms with van der Waals surface area (Å²) in [7, 11) is 1.71. The van der Waals surface area contributed by atoms with Crippen molar-refractivity contribution in [3.05, 3.63) is 16.8 Å². The Hall–Kier alpha value is -2.09. The molecule has 18 heavy (non-hydrogen) atoms. The van der Waals surface area contributed by atoms with Gasteiger partial charge in [0, 0.05) is 7.05 Å². The number of nitrogens with zero attached hydrogens (tertiary/aromatic N) is 3. The second-order valence-corrected chi connectivity index (χ2v) is 3.90. The minimum atomic E-state index is -0.990. The Kier molecular flexibility index (Phi) is 4.67. The second kappa shape index (κ2) is 6.01. The van der Waals surface area contributed by atoms with Crippen LogP contribution in [0.15, 0.2) is 0 Å². The van der Waals surface area contributed by atoms with Crippen molar-refractivity contribution in [1.29, 1.82) is 0 Å². The van der Waals surface area contributed by atoms with E-state index in [1.54, 1.807) is 11.9 Å². The van der Waals surface area contributed by atoms with Gasteiger partial charge < -0.3 is 10.0 Å². The van der Waals surface area contributed by atoms with Gasteiger partial charge in [0.25, 0.3) is 0 Å². The summed E-state index contributed by atoms with van der Waals surface area (Å²) < 4.78 is 0. The molecular weight excluding hydrogens is 230 g/mol. The van der Waals surface area contributed by atoms with E-state index >= 15 is 0 Å². The van der Waals surface area contributed by atoms with Gasteiger partial charge in [-0.1, -0.05) is 19.8 Å². The van der Waals surface area contributed by atoms with Crippen molar-refractivity contribution in [2.45, 2.75) is 26.7 Å². The number of carboxylic acids is 1. The minimum Gasteiger partial charge on any atom is -0.478 e. The van der Waals surface area contributed by atoms with Crippen LogP contribution in [0.3, 0.4) is 0 Å². The fourth-order valence-corrected chi connectivity index (χ4v) is 1.87. The maximum Gasteiger partial charge on any atom is 0.339 e. The average Bonchev–Trinajstić information content (AvgIpc) is 2.36. The Morgan fingerprint density at radius 2 is 2.06 bits per heavy atom. The quantitative estimate of drug-likeness (QED) is 0.796. The van der Waals surface area contributed by atoms with Crippen molar-refractivity contribution in [2.24, 2.45) is 0 Å². The molecule has 1 aromatic heterocycles. The van der Waals surface area contributed by atoms with E-state index in [9.17, 15) is 9.90 Å². The predicted molar refractivity (Wildman–Crippen MR) is 69.9 cm³/mol. The first-order valence-corrected chi connectivity index (χ1v) is 5.83. The molecule has 0 bridgehead atoms. The lowest BCUT2D eigenvalue weighted by Crippen LogP contribution is -2.24. The van der Waals surface area contributed by atoms with E-state index in [4.69, 9.17) is 6.42 Å². The van der Waals surface area contributed by atoms with E-state index in [2.05, 4.69) is 16.1 Å². The number of aromatic nitrogens is 2. The number of anilines is 1. The zero-order chi connectivity index (χ0) is 13.7. The normalized spacial score (nSPS) is 9.89. The highest BCUT2D eigenvalue weighted by Crippen LogP contribution is 2.23. The molecule has 0 spiro atoms. The third-order valence-corrected chi connectivity index (χ3v) is 2.73. The first-order chi connectivity index (χ1) is 8.56. The Balaban J connectivity index is 3.44. The number of carbonyl (C=O) groups is 1. The number of terminal acetylenes is 1. The lowest BCUT2D eigenvalue weighted by atomic mass is 10.0. The molecule has 1 heterocycles. The summed E-state index contributed by atoms with van der Waals surface area (Å²) in [5.74, 6) is 1.80. The van der Waals surface area contributed by atoms with Crippen LogP contribution in [0, 0.1) is 12.3 Å². The van der Waals surface area contributed by atoms with Crippen LogP contribution in [-0.4, -0.2) is 34.9 Å². The van der Waals surface area contributed by atoms with Crippen LogP contribution in [0.1, 0.15) is 35.5 Å². The third-order valence-electron chi connectivity index (χ3n) is 2.73. The zero-order valence-corrected chi connectivity index (χ0v) is 10.9. The molecule has 5 nitrogen and oxygen atoms in total. The molecule has 0 aliphatic rings. The van der Waals surface area contributed by atoms with E-state index in [1.807, 2.05) is 13.8 Å². The lowest BCUT2D eigenvalue weighted by molar-refractivity contribution is 0.0695. The zero-order valence-electron chi connectivity index (χ0n) is 10.9. The standard InChI is InChI=1S/C13H17N3O2/c1-5-8-16(4)12-11(13(17)18)9(6-2)10(7-3)14-15-12/h1H,6-8H2,2-4H3,(H,17,18). The van der Waals surface area contributed by atoms with Crippen molar-refractivity contribution in [1.82, 2.24) is 10.2 Å². The van der Waals surface area contributed by atoms with Gasteiger partial charge in [0.1, 0.15) is 5.56 Å². The fourth-order valence-electron chi connectivity index (χ4n) is 1.87. The van der Waals surface area contributed by atoms with Gasteiger partial charge in [0.05, 0.1) is 12.2 Å². The topological polar surface area (TPSA) is 66.3 Å². The summed E-state index contributed by atoms with van der Waals surface area (Å²) in [6, 6.07) is 0. The Morgan fingerprint density at radius 1 is 1.39 bits per heavy atom. The van der Waals surface area contributed by atoms with Gasteiger partial charge >= 0.3 is 5.97 Å². The highest BCUT2D eigenvalue weighted by atomic mass is 16.4. The molecule has 1 N–H and O–H groups in total. The molecule has 0 aliphatic carbocycles. The summed E-state index contributed by atoms with van der Waals surface area (Å²) in [6.07, 6.45) is 6.50. The van der Waals surface area contributed by atoms with Crippen LogP contribution in [0.25, 0.3) is 0 Å². The van der Waals surface area contributed by atoms with Crippen molar-refractivity contribution in [2.75, 3.05) is 18.5 Å². The van der Waals surface area contributed by atoms with Gasteiger partial charge in [0.2, 0.25) is 0 Å². The number of aryl methyl sites for hydroxylation is 1. The first kappa shape index (κ1) is 14.0. The predicted octanol–water partition coefficient (Wildman–Crippen LogP) is 1.37. The SMILES string of the molecule is C#CCN(C)c1nnc(CC)c(CC)c1C(=O)O. The third kappa shape index (κ3) is 2.59.